The summed E-state index contributed by atoms with van der Waals surface area (Å²) in [4.78, 5) is 14.8. The van der Waals surface area contributed by atoms with Gasteiger partial charge in [-0.25, -0.2) is 0 Å². The maximum absolute atomic E-state index is 11.9. The largest absolute Gasteiger partial charge is 0.383 e. The van der Waals surface area contributed by atoms with Gasteiger partial charge in [0.2, 0.25) is 0 Å². The maximum Gasteiger partial charge on any atom is 0.252 e. The fourth-order valence-electron chi connectivity index (χ4n) is 2.15. The minimum atomic E-state index is -0.0598. The summed E-state index contributed by atoms with van der Waals surface area (Å²) in [6.45, 7) is 9.98. The molecule has 0 aliphatic heterocycles. The van der Waals surface area contributed by atoms with Crippen LogP contribution in [0.5, 0.6) is 0 Å². The molecule has 0 bridgehead atoms. The van der Waals surface area contributed by atoms with Gasteiger partial charge in [0.15, 0.2) is 0 Å². The smallest absolute Gasteiger partial charge is 0.252 e. The van der Waals surface area contributed by atoms with Gasteiger partial charge in [-0.05, 0) is 26.8 Å². The van der Waals surface area contributed by atoms with Crippen molar-refractivity contribution < 1.29 is 0 Å². The Morgan fingerprint density at radius 1 is 1.33 bits per heavy atom. The van der Waals surface area contributed by atoms with Crippen LogP contribution < -0.4 is 10.9 Å². The van der Waals surface area contributed by atoms with Crippen molar-refractivity contribution in [3.05, 3.63) is 52.3 Å². The van der Waals surface area contributed by atoms with Gasteiger partial charge in [-0.1, -0.05) is 24.8 Å². The first-order chi connectivity index (χ1) is 8.50. The third-order valence-corrected chi connectivity index (χ3v) is 2.92. The van der Waals surface area contributed by atoms with Gasteiger partial charge in [0.1, 0.15) is 0 Å². The standard InChI is InChI=1S/C15H18N2O/c1-9(2)16-11(4)14-10(3)15(18)17-13-8-6-5-7-12(13)14/h5-9,16H,4H2,1-3H3,(H,17,18). The number of hydrogen-bond acceptors (Lipinski definition) is 2. The highest BCUT2D eigenvalue weighted by Crippen LogP contribution is 2.22. The zero-order chi connectivity index (χ0) is 13.3. The van der Waals surface area contributed by atoms with Crippen molar-refractivity contribution in [1.29, 1.82) is 0 Å². The third kappa shape index (κ3) is 2.16. The van der Waals surface area contributed by atoms with E-state index >= 15 is 0 Å². The van der Waals surface area contributed by atoms with Gasteiger partial charge in [-0.2, -0.15) is 0 Å². The monoisotopic (exact) mass is 242 g/mol. The van der Waals surface area contributed by atoms with Crippen molar-refractivity contribution >= 4 is 16.6 Å². The van der Waals surface area contributed by atoms with Crippen molar-refractivity contribution in [2.24, 2.45) is 0 Å². The number of nitrogens with one attached hydrogen (secondary N) is 2. The van der Waals surface area contributed by atoms with E-state index in [4.69, 9.17) is 0 Å². The Hall–Kier alpha value is -2.03. The fraction of sp³-hybridized carbons (Fsp3) is 0.267. The van der Waals surface area contributed by atoms with Crippen LogP contribution in [0.1, 0.15) is 25.0 Å². The molecule has 0 amide bonds. The van der Waals surface area contributed by atoms with Gasteiger partial charge < -0.3 is 10.3 Å². The summed E-state index contributed by atoms with van der Waals surface area (Å²) in [6, 6.07) is 8.07. The van der Waals surface area contributed by atoms with E-state index in [9.17, 15) is 4.79 Å². The lowest BCUT2D eigenvalue weighted by Crippen LogP contribution is -2.23. The average Bonchev–Trinajstić information content (AvgIpc) is 2.29. The number of hydrogen-bond donors (Lipinski definition) is 2. The molecule has 0 saturated heterocycles. The summed E-state index contributed by atoms with van der Waals surface area (Å²) in [7, 11) is 0. The van der Waals surface area contributed by atoms with E-state index < -0.39 is 0 Å². The van der Waals surface area contributed by atoms with Crippen LogP contribution in [0.15, 0.2) is 35.6 Å². The van der Waals surface area contributed by atoms with Crippen molar-refractivity contribution in [2.45, 2.75) is 26.8 Å². The first-order valence-electron chi connectivity index (χ1n) is 6.08. The summed E-state index contributed by atoms with van der Waals surface area (Å²) in [5.74, 6) is 0. The molecule has 2 rings (SSSR count). The van der Waals surface area contributed by atoms with Crippen molar-refractivity contribution in [3.63, 3.8) is 0 Å². The summed E-state index contributed by atoms with van der Waals surface area (Å²) in [5.41, 5.74) is 3.19. The maximum atomic E-state index is 11.9. The number of rotatable bonds is 3. The van der Waals surface area contributed by atoms with Crippen LogP contribution in [0.2, 0.25) is 0 Å². The molecule has 0 fully saturated rings. The molecule has 0 radical (unpaired) electrons. The Morgan fingerprint density at radius 2 is 2.00 bits per heavy atom. The molecule has 0 aliphatic rings. The molecule has 0 atom stereocenters. The Labute approximate surface area is 107 Å². The van der Waals surface area contributed by atoms with Crippen LogP contribution in [0, 0.1) is 6.92 Å². The lowest BCUT2D eigenvalue weighted by Gasteiger charge is -2.16. The summed E-state index contributed by atoms with van der Waals surface area (Å²) >= 11 is 0. The molecular weight excluding hydrogens is 224 g/mol. The topological polar surface area (TPSA) is 44.9 Å². The van der Waals surface area contributed by atoms with E-state index in [1.165, 1.54) is 0 Å². The Kier molecular flexibility index (Phi) is 3.24. The van der Waals surface area contributed by atoms with Crippen LogP contribution in [-0.2, 0) is 0 Å². The zero-order valence-corrected chi connectivity index (χ0v) is 11.0. The first-order valence-corrected chi connectivity index (χ1v) is 6.08. The molecule has 1 aromatic carbocycles. The molecule has 0 saturated carbocycles. The van der Waals surface area contributed by atoms with Crippen LogP contribution in [0.25, 0.3) is 16.6 Å². The highest BCUT2D eigenvalue weighted by Gasteiger charge is 2.12. The van der Waals surface area contributed by atoms with Gasteiger partial charge in [0.05, 0.1) is 0 Å². The van der Waals surface area contributed by atoms with E-state index in [2.05, 4.69) is 30.7 Å². The molecule has 3 heteroatoms. The van der Waals surface area contributed by atoms with Crippen molar-refractivity contribution in [1.82, 2.24) is 10.3 Å². The molecule has 94 valence electrons. The molecule has 18 heavy (non-hydrogen) atoms. The molecule has 2 aromatic rings. The van der Waals surface area contributed by atoms with Gasteiger partial charge in [-0.15, -0.1) is 0 Å². The van der Waals surface area contributed by atoms with E-state index in [1.807, 2.05) is 31.2 Å². The molecule has 3 nitrogen and oxygen atoms in total. The number of aromatic nitrogens is 1. The summed E-state index contributed by atoms with van der Waals surface area (Å²) < 4.78 is 0. The lowest BCUT2D eigenvalue weighted by atomic mass is 10.0. The normalized spacial score (nSPS) is 10.9. The Bertz CT molecular complexity index is 653. The summed E-state index contributed by atoms with van der Waals surface area (Å²) in [5, 5.41) is 4.29. The fourth-order valence-corrected chi connectivity index (χ4v) is 2.15. The number of benzene rings is 1. The van der Waals surface area contributed by atoms with Crippen LogP contribution in [0.3, 0.4) is 0 Å². The number of pyridine rings is 1. The van der Waals surface area contributed by atoms with Crippen LogP contribution in [0.4, 0.5) is 0 Å². The molecule has 0 aliphatic carbocycles. The predicted octanol–water partition coefficient (Wildman–Crippen LogP) is 2.81. The van der Waals surface area contributed by atoms with E-state index in [0.29, 0.717) is 5.56 Å². The zero-order valence-electron chi connectivity index (χ0n) is 11.0. The minimum Gasteiger partial charge on any atom is -0.383 e. The van der Waals surface area contributed by atoms with E-state index in [0.717, 1.165) is 22.2 Å². The van der Waals surface area contributed by atoms with E-state index in [-0.39, 0.29) is 11.6 Å². The molecule has 0 unspecified atom stereocenters. The number of para-hydroxylation sites is 1. The average molecular weight is 242 g/mol. The van der Waals surface area contributed by atoms with E-state index in [1.54, 1.807) is 0 Å². The van der Waals surface area contributed by atoms with Crippen LogP contribution >= 0.6 is 0 Å². The van der Waals surface area contributed by atoms with Gasteiger partial charge in [-0.3, -0.25) is 4.79 Å². The number of aromatic amines is 1. The van der Waals surface area contributed by atoms with Crippen molar-refractivity contribution in [2.75, 3.05) is 0 Å². The molecular formula is C15H18N2O. The van der Waals surface area contributed by atoms with Crippen molar-refractivity contribution in [3.8, 4) is 0 Å². The second-order valence-electron chi connectivity index (χ2n) is 4.78. The molecule has 1 heterocycles. The Balaban J connectivity index is 2.71. The molecule has 0 spiro atoms. The van der Waals surface area contributed by atoms with Gasteiger partial charge in [0.25, 0.3) is 5.56 Å². The molecule has 1 aromatic heterocycles. The molecule has 2 N–H and O–H groups in total. The van der Waals surface area contributed by atoms with Crippen LogP contribution in [-0.4, -0.2) is 11.0 Å². The lowest BCUT2D eigenvalue weighted by molar-refractivity contribution is 0.718. The highest BCUT2D eigenvalue weighted by molar-refractivity contribution is 5.91. The second-order valence-corrected chi connectivity index (χ2v) is 4.78. The first kappa shape index (κ1) is 12.4. The quantitative estimate of drug-likeness (QED) is 0.869. The number of H-pyrrole nitrogens is 1. The Morgan fingerprint density at radius 3 is 2.67 bits per heavy atom. The SMILES string of the molecule is C=C(NC(C)C)c1c(C)c(=O)[nH]c2ccccc12. The minimum absolute atomic E-state index is 0.0598. The predicted molar refractivity (Wildman–Crippen MR) is 76.6 cm³/mol. The van der Waals surface area contributed by atoms with Gasteiger partial charge >= 0.3 is 0 Å². The van der Waals surface area contributed by atoms with Gasteiger partial charge in [0, 0.05) is 33.8 Å². The third-order valence-electron chi connectivity index (χ3n) is 2.92. The second kappa shape index (κ2) is 4.69. The number of fused-ring (bicyclic) bond motifs is 1. The summed E-state index contributed by atoms with van der Waals surface area (Å²) in [6.07, 6.45) is 0. The highest BCUT2D eigenvalue weighted by atomic mass is 16.1.